The molecule has 3 heterocycles. The van der Waals surface area contributed by atoms with Crippen molar-refractivity contribution >= 4 is 34.1 Å². The number of H-pyrrole nitrogens is 1. The standard InChI is InChI=1S/C26H24N4O4/c31-16-25(32)29-20-13-18(21-2-1-3-23-22(21)5-7-27-23)12-19(14-20)26(33)17-4-6-28-24(15-17)30-8-10-34-11-9-30/h1-7,12-15,27,31H,8-11,16H2,(H,29,32). The third-order valence-electron chi connectivity index (χ3n) is 5.87. The highest BCUT2D eigenvalue weighted by molar-refractivity contribution is 6.11. The fourth-order valence-corrected chi connectivity index (χ4v) is 4.22. The van der Waals surface area contributed by atoms with Crippen LogP contribution in [0.15, 0.2) is 67.0 Å². The molecule has 8 nitrogen and oxygen atoms in total. The Hall–Kier alpha value is -4.01. The van der Waals surface area contributed by atoms with Crippen molar-refractivity contribution in [1.82, 2.24) is 9.97 Å². The molecule has 0 unspecified atom stereocenters. The Labute approximate surface area is 196 Å². The van der Waals surface area contributed by atoms with Crippen LogP contribution in [0.1, 0.15) is 15.9 Å². The van der Waals surface area contributed by atoms with Gasteiger partial charge in [-0.2, -0.15) is 0 Å². The number of hydrogen-bond acceptors (Lipinski definition) is 6. The molecule has 2 aromatic heterocycles. The molecule has 0 atom stereocenters. The number of rotatable bonds is 6. The maximum atomic E-state index is 13.5. The molecule has 0 spiro atoms. The van der Waals surface area contributed by atoms with Crippen molar-refractivity contribution in [3.05, 3.63) is 78.1 Å². The third-order valence-corrected chi connectivity index (χ3v) is 5.87. The fourth-order valence-electron chi connectivity index (χ4n) is 4.22. The fraction of sp³-hybridized carbons (Fsp3) is 0.192. The monoisotopic (exact) mass is 456 g/mol. The van der Waals surface area contributed by atoms with E-state index in [2.05, 4.69) is 20.2 Å². The molecule has 1 amide bonds. The van der Waals surface area contributed by atoms with Crippen LogP contribution in [-0.2, 0) is 9.53 Å². The van der Waals surface area contributed by atoms with Gasteiger partial charge in [-0.1, -0.05) is 12.1 Å². The molecule has 2 aromatic carbocycles. The smallest absolute Gasteiger partial charge is 0.250 e. The van der Waals surface area contributed by atoms with E-state index in [0.29, 0.717) is 30.0 Å². The summed E-state index contributed by atoms with van der Waals surface area (Å²) in [6.45, 7) is 2.05. The van der Waals surface area contributed by atoms with Crippen LogP contribution in [0.25, 0.3) is 22.0 Å². The molecule has 172 valence electrons. The quantitative estimate of drug-likeness (QED) is 0.385. The Morgan fingerprint density at radius 3 is 2.74 bits per heavy atom. The molecule has 0 radical (unpaired) electrons. The maximum absolute atomic E-state index is 13.5. The number of nitrogens with zero attached hydrogens (tertiary/aromatic N) is 2. The van der Waals surface area contributed by atoms with Crippen molar-refractivity contribution in [3.63, 3.8) is 0 Å². The first-order chi connectivity index (χ1) is 16.6. The Morgan fingerprint density at radius 1 is 1.06 bits per heavy atom. The van der Waals surface area contributed by atoms with E-state index >= 15 is 0 Å². The summed E-state index contributed by atoms with van der Waals surface area (Å²) >= 11 is 0. The van der Waals surface area contributed by atoms with E-state index in [0.717, 1.165) is 40.9 Å². The highest BCUT2D eigenvalue weighted by atomic mass is 16.5. The summed E-state index contributed by atoms with van der Waals surface area (Å²) in [7, 11) is 0. The number of anilines is 2. The van der Waals surface area contributed by atoms with Gasteiger partial charge in [0.15, 0.2) is 5.78 Å². The number of fused-ring (bicyclic) bond motifs is 1. The lowest BCUT2D eigenvalue weighted by Crippen LogP contribution is -2.36. The zero-order valence-corrected chi connectivity index (χ0v) is 18.5. The minimum Gasteiger partial charge on any atom is -0.387 e. The first-order valence-electron chi connectivity index (χ1n) is 11.1. The lowest BCUT2D eigenvalue weighted by molar-refractivity contribution is -0.118. The summed E-state index contributed by atoms with van der Waals surface area (Å²) in [6.07, 6.45) is 3.50. The Kier molecular flexibility index (Phi) is 6.07. The highest BCUT2D eigenvalue weighted by Gasteiger charge is 2.18. The van der Waals surface area contributed by atoms with Gasteiger partial charge in [0, 0.05) is 53.2 Å². The number of morpholine rings is 1. The van der Waals surface area contributed by atoms with E-state index in [1.165, 1.54) is 0 Å². The normalized spacial score (nSPS) is 13.7. The summed E-state index contributed by atoms with van der Waals surface area (Å²) in [6, 6.07) is 16.6. The molecule has 3 N–H and O–H groups in total. The van der Waals surface area contributed by atoms with E-state index in [1.807, 2.05) is 36.5 Å². The number of aromatic nitrogens is 2. The molecular weight excluding hydrogens is 432 g/mol. The van der Waals surface area contributed by atoms with Crippen LogP contribution in [-0.4, -0.2) is 59.7 Å². The topological polar surface area (TPSA) is 108 Å². The van der Waals surface area contributed by atoms with E-state index < -0.39 is 12.5 Å². The third kappa shape index (κ3) is 4.41. The van der Waals surface area contributed by atoms with E-state index in [4.69, 9.17) is 4.74 Å². The van der Waals surface area contributed by atoms with Gasteiger partial charge < -0.3 is 25.0 Å². The van der Waals surface area contributed by atoms with Gasteiger partial charge in [-0.15, -0.1) is 0 Å². The second-order valence-electron chi connectivity index (χ2n) is 8.08. The van der Waals surface area contributed by atoms with Gasteiger partial charge in [0.1, 0.15) is 12.4 Å². The molecule has 34 heavy (non-hydrogen) atoms. The molecule has 8 heteroatoms. The predicted octanol–water partition coefficient (Wildman–Crippen LogP) is 3.23. The van der Waals surface area contributed by atoms with Crippen LogP contribution in [0.2, 0.25) is 0 Å². The first kappa shape index (κ1) is 21.8. The van der Waals surface area contributed by atoms with Crippen molar-refractivity contribution in [2.75, 3.05) is 43.1 Å². The lowest BCUT2D eigenvalue weighted by atomic mass is 9.95. The number of amides is 1. The summed E-state index contributed by atoms with van der Waals surface area (Å²) in [5.74, 6) is 0.00428. The molecule has 1 aliphatic heterocycles. The summed E-state index contributed by atoms with van der Waals surface area (Å²) < 4.78 is 5.41. The zero-order valence-electron chi connectivity index (χ0n) is 18.5. The van der Waals surface area contributed by atoms with Gasteiger partial charge in [-0.25, -0.2) is 4.98 Å². The predicted molar refractivity (Wildman–Crippen MR) is 130 cm³/mol. The average Bonchev–Trinajstić information content (AvgIpc) is 3.38. The minimum atomic E-state index is -0.645. The molecule has 1 saturated heterocycles. The second-order valence-corrected chi connectivity index (χ2v) is 8.08. The number of pyridine rings is 1. The Bertz CT molecular complexity index is 1360. The molecule has 1 fully saturated rings. The molecule has 0 aliphatic carbocycles. The van der Waals surface area contributed by atoms with Crippen LogP contribution in [0.4, 0.5) is 11.5 Å². The number of carbonyl (C=O) groups excluding carboxylic acids is 2. The minimum absolute atomic E-state index is 0.181. The van der Waals surface area contributed by atoms with E-state index in [-0.39, 0.29) is 5.78 Å². The van der Waals surface area contributed by atoms with Gasteiger partial charge in [-0.3, -0.25) is 9.59 Å². The number of ketones is 1. The molecular formula is C26H24N4O4. The second kappa shape index (κ2) is 9.46. The molecule has 0 bridgehead atoms. The SMILES string of the molecule is O=C(CO)Nc1cc(C(=O)c2ccnc(N3CCOCC3)c2)cc(-c2cccc3[nH]ccc23)c1. The lowest BCUT2D eigenvalue weighted by Gasteiger charge is -2.27. The Morgan fingerprint density at radius 2 is 1.91 bits per heavy atom. The largest absolute Gasteiger partial charge is 0.387 e. The number of carbonyl (C=O) groups is 2. The van der Waals surface area contributed by atoms with Crippen LogP contribution < -0.4 is 10.2 Å². The van der Waals surface area contributed by atoms with E-state index in [1.54, 1.807) is 30.5 Å². The van der Waals surface area contributed by atoms with Gasteiger partial charge in [0.2, 0.25) is 5.91 Å². The van der Waals surface area contributed by atoms with Crippen LogP contribution in [0, 0.1) is 0 Å². The molecule has 5 rings (SSSR count). The van der Waals surface area contributed by atoms with Gasteiger partial charge >= 0.3 is 0 Å². The number of ether oxygens (including phenoxy) is 1. The van der Waals surface area contributed by atoms with Gasteiger partial charge in [0.05, 0.1) is 13.2 Å². The van der Waals surface area contributed by atoms with Crippen molar-refractivity contribution in [2.24, 2.45) is 0 Å². The number of aliphatic hydroxyl groups excluding tert-OH is 1. The summed E-state index contributed by atoms with van der Waals surface area (Å²) in [5, 5.41) is 12.9. The molecule has 1 aliphatic rings. The van der Waals surface area contributed by atoms with Crippen LogP contribution in [0.3, 0.4) is 0 Å². The average molecular weight is 457 g/mol. The number of aromatic amines is 1. The maximum Gasteiger partial charge on any atom is 0.250 e. The van der Waals surface area contributed by atoms with Crippen LogP contribution >= 0.6 is 0 Å². The van der Waals surface area contributed by atoms with Crippen molar-refractivity contribution in [1.29, 1.82) is 0 Å². The van der Waals surface area contributed by atoms with Gasteiger partial charge in [0.25, 0.3) is 0 Å². The molecule has 4 aromatic rings. The van der Waals surface area contributed by atoms with Crippen molar-refractivity contribution in [2.45, 2.75) is 0 Å². The van der Waals surface area contributed by atoms with Crippen molar-refractivity contribution < 1.29 is 19.4 Å². The zero-order chi connectivity index (χ0) is 23.5. The first-order valence-corrected chi connectivity index (χ1v) is 11.1. The number of hydrogen-bond donors (Lipinski definition) is 3. The van der Waals surface area contributed by atoms with E-state index in [9.17, 15) is 14.7 Å². The van der Waals surface area contributed by atoms with Gasteiger partial charge in [-0.05, 0) is 53.6 Å². The summed E-state index contributed by atoms with van der Waals surface area (Å²) in [4.78, 5) is 35.2. The highest BCUT2D eigenvalue weighted by Crippen LogP contribution is 2.32. The summed E-state index contributed by atoms with van der Waals surface area (Å²) in [5.41, 5.74) is 4.06. The number of aliphatic hydroxyl groups is 1. The number of benzene rings is 2. The van der Waals surface area contributed by atoms with Crippen molar-refractivity contribution in [3.8, 4) is 11.1 Å². The Balaban J connectivity index is 1.56. The molecule has 0 saturated carbocycles. The number of nitrogens with one attached hydrogen (secondary N) is 2. The van der Waals surface area contributed by atoms with Crippen LogP contribution in [0.5, 0.6) is 0 Å².